The molecule has 1 saturated carbocycles. The number of nitrogens with one attached hydrogen (secondary N) is 1. The standard InChI is InChI=1S/C15H22FNO/c1-3-11-17-14(15(18-2)9-4-10-15)12-5-7-13(16)8-6-12/h5-8,14,17H,3-4,9-11H2,1-2H3. The molecular weight excluding hydrogens is 229 g/mol. The van der Waals surface area contributed by atoms with Gasteiger partial charge in [-0.15, -0.1) is 0 Å². The van der Waals surface area contributed by atoms with E-state index >= 15 is 0 Å². The van der Waals surface area contributed by atoms with E-state index in [1.807, 2.05) is 12.1 Å². The first kappa shape index (κ1) is 13.5. The Bertz CT molecular complexity index is 367. The average Bonchev–Trinajstić information content (AvgIpc) is 2.34. The van der Waals surface area contributed by atoms with E-state index < -0.39 is 0 Å². The van der Waals surface area contributed by atoms with Crippen LogP contribution in [0.4, 0.5) is 4.39 Å². The number of hydrogen-bond donors (Lipinski definition) is 1. The van der Waals surface area contributed by atoms with Crippen LogP contribution in [0.15, 0.2) is 24.3 Å². The highest BCUT2D eigenvalue weighted by atomic mass is 19.1. The molecule has 1 unspecified atom stereocenters. The third-order valence-electron chi connectivity index (χ3n) is 3.93. The fourth-order valence-electron chi connectivity index (χ4n) is 2.69. The molecule has 100 valence electrons. The molecule has 0 saturated heterocycles. The predicted molar refractivity (Wildman–Crippen MR) is 71.0 cm³/mol. The van der Waals surface area contributed by atoms with Crippen LogP contribution in [0.5, 0.6) is 0 Å². The molecule has 1 atom stereocenters. The van der Waals surface area contributed by atoms with Gasteiger partial charge >= 0.3 is 0 Å². The van der Waals surface area contributed by atoms with Gasteiger partial charge in [0, 0.05) is 7.11 Å². The molecule has 3 heteroatoms. The summed E-state index contributed by atoms with van der Waals surface area (Å²) in [5.41, 5.74) is 1.01. The smallest absolute Gasteiger partial charge is 0.123 e. The van der Waals surface area contributed by atoms with E-state index in [0.29, 0.717) is 0 Å². The van der Waals surface area contributed by atoms with Crippen LogP contribution in [0, 0.1) is 5.82 Å². The van der Waals surface area contributed by atoms with E-state index in [9.17, 15) is 4.39 Å². The molecule has 0 aromatic heterocycles. The van der Waals surface area contributed by atoms with Crippen molar-refractivity contribution in [3.05, 3.63) is 35.6 Å². The summed E-state index contributed by atoms with van der Waals surface area (Å²) in [6, 6.07) is 6.94. The molecule has 0 spiro atoms. The monoisotopic (exact) mass is 251 g/mol. The van der Waals surface area contributed by atoms with Gasteiger partial charge in [0.25, 0.3) is 0 Å². The summed E-state index contributed by atoms with van der Waals surface area (Å²) in [5, 5.41) is 3.55. The maximum atomic E-state index is 13.0. The molecule has 1 aliphatic rings. The summed E-state index contributed by atoms with van der Waals surface area (Å²) in [6.45, 7) is 3.10. The van der Waals surface area contributed by atoms with Crippen molar-refractivity contribution in [3.63, 3.8) is 0 Å². The van der Waals surface area contributed by atoms with Crippen molar-refractivity contribution in [1.29, 1.82) is 0 Å². The van der Waals surface area contributed by atoms with Gasteiger partial charge in [-0.1, -0.05) is 19.1 Å². The zero-order valence-corrected chi connectivity index (χ0v) is 11.2. The molecule has 0 aliphatic heterocycles. The number of ether oxygens (including phenoxy) is 1. The molecule has 1 aromatic rings. The van der Waals surface area contributed by atoms with E-state index in [1.165, 1.54) is 18.6 Å². The minimum absolute atomic E-state index is 0.104. The quantitative estimate of drug-likeness (QED) is 0.836. The number of halogens is 1. The van der Waals surface area contributed by atoms with Gasteiger partial charge in [0.05, 0.1) is 11.6 Å². The minimum Gasteiger partial charge on any atom is -0.376 e. The highest BCUT2D eigenvalue weighted by molar-refractivity contribution is 5.24. The van der Waals surface area contributed by atoms with Crippen molar-refractivity contribution in [2.75, 3.05) is 13.7 Å². The van der Waals surface area contributed by atoms with Crippen LogP contribution in [0.1, 0.15) is 44.2 Å². The van der Waals surface area contributed by atoms with Crippen LogP contribution in [-0.4, -0.2) is 19.3 Å². The van der Waals surface area contributed by atoms with Crippen molar-refractivity contribution in [1.82, 2.24) is 5.32 Å². The van der Waals surface area contributed by atoms with Crippen molar-refractivity contribution >= 4 is 0 Å². The third kappa shape index (κ3) is 2.57. The van der Waals surface area contributed by atoms with Crippen molar-refractivity contribution in [3.8, 4) is 0 Å². The summed E-state index contributed by atoms with van der Waals surface area (Å²) in [7, 11) is 1.78. The normalized spacial score (nSPS) is 19.3. The predicted octanol–water partition coefficient (Wildman–Crippen LogP) is 3.44. The Morgan fingerprint density at radius 2 is 2.00 bits per heavy atom. The highest BCUT2D eigenvalue weighted by Crippen LogP contribution is 2.44. The lowest BCUT2D eigenvalue weighted by atomic mass is 9.72. The Labute approximate surface area is 109 Å². The van der Waals surface area contributed by atoms with Gasteiger partial charge in [-0.25, -0.2) is 4.39 Å². The van der Waals surface area contributed by atoms with Crippen LogP contribution in [0.3, 0.4) is 0 Å². The average molecular weight is 251 g/mol. The SMILES string of the molecule is CCCNC(c1ccc(F)cc1)C1(OC)CCC1. The van der Waals surface area contributed by atoms with Crippen molar-refractivity contribution in [2.45, 2.75) is 44.2 Å². The fraction of sp³-hybridized carbons (Fsp3) is 0.600. The molecule has 0 radical (unpaired) electrons. The van der Waals surface area contributed by atoms with Gasteiger partial charge in [0.15, 0.2) is 0 Å². The number of methoxy groups -OCH3 is 1. The molecule has 1 N–H and O–H groups in total. The summed E-state index contributed by atoms with van der Waals surface area (Å²) < 4.78 is 18.8. The first-order chi connectivity index (χ1) is 8.72. The van der Waals surface area contributed by atoms with E-state index in [0.717, 1.165) is 31.4 Å². The zero-order chi connectivity index (χ0) is 13.0. The van der Waals surface area contributed by atoms with E-state index in [2.05, 4.69) is 12.2 Å². The van der Waals surface area contributed by atoms with Gasteiger partial charge in [-0.2, -0.15) is 0 Å². The third-order valence-corrected chi connectivity index (χ3v) is 3.93. The summed E-state index contributed by atoms with van der Waals surface area (Å²) in [5.74, 6) is -0.187. The second-order valence-corrected chi connectivity index (χ2v) is 5.06. The van der Waals surface area contributed by atoms with Crippen LogP contribution in [0.25, 0.3) is 0 Å². The van der Waals surface area contributed by atoms with Crippen molar-refractivity contribution in [2.24, 2.45) is 0 Å². The number of hydrogen-bond acceptors (Lipinski definition) is 2. The van der Waals surface area contributed by atoms with Crippen LogP contribution in [-0.2, 0) is 4.74 Å². The Kier molecular flexibility index (Phi) is 4.36. The lowest BCUT2D eigenvalue weighted by Gasteiger charge is -2.47. The largest absolute Gasteiger partial charge is 0.376 e. The first-order valence-corrected chi connectivity index (χ1v) is 6.76. The van der Waals surface area contributed by atoms with Gasteiger partial charge in [-0.05, 0) is 49.9 Å². The van der Waals surface area contributed by atoms with Gasteiger partial charge < -0.3 is 10.1 Å². The Balaban J connectivity index is 2.21. The highest BCUT2D eigenvalue weighted by Gasteiger charge is 2.44. The van der Waals surface area contributed by atoms with E-state index in [4.69, 9.17) is 4.74 Å². The molecule has 0 bridgehead atoms. The van der Waals surface area contributed by atoms with Crippen molar-refractivity contribution < 1.29 is 9.13 Å². The maximum Gasteiger partial charge on any atom is 0.123 e. The van der Waals surface area contributed by atoms with Gasteiger partial charge in [-0.3, -0.25) is 0 Å². The summed E-state index contributed by atoms with van der Waals surface area (Å²) >= 11 is 0. The molecule has 0 amide bonds. The van der Waals surface area contributed by atoms with Gasteiger partial charge in [0.2, 0.25) is 0 Å². The lowest BCUT2D eigenvalue weighted by molar-refractivity contribution is -0.0997. The van der Waals surface area contributed by atoms with E-state index in [1.54, 1.807) is 7.11 Å². The van der Waals surface area contributed by atoms with E-state index in [-0.39, 0.29) is 17.5 Å². The molecule has 1 aromatic carbocycles. The fourth-order valence-corrected chi connectivity index (χ4v) is 2.69. The van der Waals surface area contributed by atoms with Crippen LogP contribution in [0.2, 0.25) is 0 Å². The Morgan fingerprint density at radius 1 is 1.33 bits per heavy atom. The Morgan fingerprint density at radius 3 is 2.44 bits per heavy atom. The van der Waals surface area contributed by atoms with Gasteiger partial charge in [0.1, 0.15) is 5.82 Å². The second kappa shape index (κ2) is 5.81. The molecule has 18 heavy (non-hydrogen) atoms. The first-order valence-electron chi connectivity index (χ1n) is 6.76. The van der Waals surface area contributed by atoms with Crippen LogP contribution < -0.4 is 5.32 Å². The second-order valence-electron chi connectivity index (χ2n) is 5.06. The molecule has 1 fully saturated rings. The molecule has 2 rings (SSSR count). The maximum absolute atomic E-state index is 13.0. The molecule has 1 aliphatic carbocycles. The number of rotatable bonds is 6. The topological polar surface area (TPSA) is 21.3 Å². The molecular formula is C15H22FNO. The molecule has 0 heterocycles. The summed E-state index contributed by atoms with van der Waals surface area (Å²) in [6.07, 6.45) is 4.43. The zero-order valence-electron chi connectivity index (χ0n) is 11.2. The number of benzene rings is 1. The minimum atomic E-state index is -0.187. The Hall–Kier alpha value is -0.930. The van der Waals surface area contributed by atoms with Crippen LogP contribution >= 0.6 is 0 Å². The summed E-state index contributed by atoms with van der Waals surface area (Å²) in [4.78, 5) is 0. The lowest BCUT2D eigenvalue weighted by Crippen LogP contribution is -2.50. The molecule has 2 nitrogen and oxygen atoms in total.